The zero-order valence-corrected chi connectivity index (χ0v) is 13.2. The van der Waals surface area contributed by atoms with Gasteiger partial charge in [-0.15, -0.1) is 0 Å². The fourth-order valence-corrected chi connectivity index (χ4v) is 3.20. The average Bonchev–Trinajstić information content (AvgIpc) is 3.34. The Balaban J connectivity index is 1.89. The quantitative estimate of drug-likeness (QED) is 0.869. The Kier molecular flexibility index (Phi) is 4.23. The molecule has 2 aromatic rings. The number of amides is 1. The molecule has 1 fully saturated rings. The third-order valence-corrected chi connectivity index (χ3v) is 4.89. The highest BCUT2D eigenvalue weighted by molar-refractivity contribution is 7.92. The van der Waals surface area contributed by atoms with E-state index in [1.807, 2.05) is 0 Å². The largest absolute Gasteiger partial charge is 0.349 e. The van der Waals surface area contributed by atoms with Crippen LogP contribution in [0.3, 0.4) is 0 Å². The topological polar surface area (TPSA) is 75.3 Å². The second-order valence-electron chi connectivity index (χ2n) is 5.47. The molecule has 126 valence electrons. The van der Waals surface area contributed by atoms with Crippen molar-refractivity contribution in [1.82, 2.24) is 5.32 Å². The lowest BCUT2D eigenvalue weighted by Gasteiger charge is -2.12. The van der Waals surface area contributed by atoms with Crippen LogP contribution in [0.4, 0.5) is 14.5 Å². The molecule has 5 nitrogen and oxygen atoms in total. The second-order valence-corrected chi connectivity index (χ2v) is 7.16. The zero-order chi connectivity index (χ0) is 17.3. The van der Waals surface area contributed by atoms with E-state index in [4.69, 9.17) is 0 Å². The summed E-state index contributed by atoms with van der Waals surface area (Å²) in [5, 5.41) is 2.77. The van der Waals surface area contributed by atoms with E-state index in [9.17, 15) is 22.0 Å². The Hall–Kier alpha value is -2.48. The Labute approximate surface area is 137 Å². The number of para-hydroxylation sites is 1. The van der Waals surface area contributed by atoms with Crippen LogP contribution in [-0.2, 0) is 10.0 Å². The fourth-order valence-electron chi connectivity index (χ4n) is 2.11. The second kappa shape index (κ2) is 6.20. The van der Waals surface area contributed by atoms with Crippen molar-refractivity contribution in [3.63, 3.8) is 0 Å². The van der Waals surface area contributed by atoms with Gasteiger partial charge in [-0.25, -0.2) is 17.2 Å². The molecule has 0 saturated heterocycles. The van der Waals surface area contributed by atoms with Gasteiger partial charge >= 0.3 is 0 Å². The van der Waals surface area contributed by atoms with E-state index < -0.39 is 26.6 Å². The molecule has 0 radical (unpaired) electrons. The number of sulfonamides is 1. The van der Waals surface area contributed by atoms with Gasteiger partial charge in [-0.1, -0.05) is 12.1 Å². The predicted molar refractivity (Wildman–Crippen MR) is 84.1 cm³/mol. The van der Waals surface area contributed by atoms with Crippen LogP contribution < -0.4 is 10.0 Å². The van der Waals surface area contributed by atoms with Crippen LogP contribution in [0.25, 0.3) is 0 Å². The lowest BCUT2D eigenvalue weighted by atomic mass is 10.1. The Bertz CT molecular complexity index is 896. The summed E-state index contributed by atoms with van der Waals surface area (Å²) in [6.07, 6.45) is 1.79. The Morgan fingerprint density at radius 3 is 2.42 bits per heavy atom. The number of anilines is 1. The van der Waals surface area contributed by atoms with Gasteiger partial charge in [0.25, 0.3) is 15.9 Å². The van der Waals surface area contributed by atoms with E-state index in [2.05, 4.69) is 10.0 Å². The van der Waals surface area contributed by atoms with Crippen LogP contribution in [0.5, 0.6) is 0 Å². The van der Waals surface area contributed by atoms with Crippen LogP contribution in [0, 0.1) is 11.6 Å². The van der Waals surface area contributed by atoms with Crippen LogP contribution in [0.15, 0.2) is 47.4 Å². The number of carbonyl (C=O) groups is 1. The first kappa shape index (κ1) is 16.4. The van der Waals surface area contributed by atoms with Crippen molar-refractivity contribution in [3.8, 4) is 0 Å². The molecule has 0 atom stereocenters. The highest BCUT2D eigenvalue weighted by Gasteiger charge is 2.26. The molecule has 0 spiro atoms. The molecule has 3 rings (SSSR count). The van der Waals surface area contributed by atoms with Gasteiger partial charge < -0.3 is 5.32 Å². The van der Waals surface area contributed by atoms with Gasteiger partial charge in [0, 0.05) is 6.04 Å². The number of carbonyl (C=O) groups excluding carboxylic acids is 1. The minimum absolute atomic E-state index is 0.0698. The third kappa shape index (κ3) is 3.53. The molecule has 0 unspecified atom stereocenters. The number of benzene rings is 2. The number of hydrogen-bond acceptors (Lipinski definition) is 3. The molecule has 0 heterocycles. The number of hydrogen-bond donors (Lipinski definition) is 2. The van der Waals surface area contributed by atoms with Crippen molar-refractivity contribution in [2.24, 2.45) is 0 Å². The van der Waals surface area contributed by atoms with E-state index in [0.717, 1.165) is 25.0 Å². The molecular weight excluding hydrogens is 338 g/mol. The molecule has 1 saturated carbocycles. The smallest absolute Gasteiger partial charge is 0.262 e. The van der Waals surface area contributed by atoms with E-state index >= 15 is 0 Å². The SMILES string of the molecule is O=C(NC1CC1)c1ccccc1NS(=O)(=O)c1ccc(F)c(F)c1. The molecule has 0 aromatic heterocycles. The molecule has 2 aromatic carbocycles. The maximum absolute atomic E-state index is 13.3. The van der Waals surface area contributed by atoms with Crippen LogP contribution >= 0.6 is 0 Å². The number of rotatable bonds is 5. The molecule has 8 heteroatoms. The first-order valence-corrected chi connectivity index (χ1v) is 8.73. The Morgan fingerprint density at radius 2 is 1.75 bits per heavy atom. The molecule has 1 amide bonds. The van der Waals surface area contributed by atoms with E-state index in [1.54, 1.807) is 12.1 Å². The summed E-state index contributed by atoms with van der Waals surface area (Å²) in [6, 6.07) is 8.48. The van der Waals surface area contributed by atoms with Crippen molar-refractivity contribution in [3.05, 3.63) is 59.7 Å². The summed E-state index contributed by atoms with van der Waals surface area (Å²) in [4.78, 5) is 11.7. The molecule has 24 heavy (non-hydrogen) atoms. The van der Waals surface area contributed by atoms with Gasteiger partial charge in [-0.3, -0.25) is 9.52 Å². The molecule has 2 N–H and O–H groups in total. The summed E-state index contributed by atoms with van der Waals surface area (Å²) in [5.74, 6) is -2.79. The minimum Gasteiger partial charge on any atom is -0.349 e. The summed E-state index contributed by atoms with van der Waals surface area (Å²) in [7, 11) is -4.16. The standard InChI is InChI=1S/C16H14F2N2O3S/c17-13-8-7-11(9-14(13)18)24(22,23)20-15-4-2-1-3-12(15)16(21)19-10-5-6-10/h1-4,7-10,20H,5-6H2,(H,19,21). The summed E-state index contributed by atoms with van der Waals surface area (Å²) in [5.41, 5.74) is 0.232. The van der Waals surface area contributed by atoms with Crippen LogP contribution in [0.2, 0.25) is 0 Å². The summed E-state index contributed by atoms with van der Waals surface area (Å²) < 4.78 is 53.2. The third-order valence-electron chi connectivity index (χ3n) is 3.53. The molecule has 1 aliphatic carbocycles. The van der Waals surface area contributed by atoms with Gasteiger partial charge in [-0.05, 0) is 43.2 Å². The maximum atomic E-state index is 13.3. The van der Waals surface area contributed by atoms with Gasteiger partial charge in [0.05, 0.1) is 16.1 Å². The van der Waals surface area contributed by atoms with Gasteiger partial charge in [0.15, 0.2) is 11.6 Å². The Morgan fingerprint density at radius 1 is 1.04 bits per heavy atom. The highest BCUT2D eigenvalue weighted by Crippen LogP contribution is 2.24. The zero-order valence-electron chi connectivity index (χ0n) is 12.4. The molecule has 0 bridgehead atoms. The molecule has 1 aliphatic rings. The van der Waals surface area contributed by atoms with Crippen molar-refractivity contribution in [1.29, 1.82) is 0 Å². The van der Waals surface area contributed by atoms with Crippen molar-refractivity contribution < 1.29 is 22.0 Å². The number of halogens is 2. The first-order chi connectivity index (χ1) is 11.4. The summed E-state index contributed by atoms with van der Waals surface area (Å²) in [6.45, 7) is 0. The summed E-state index contributed by atoms with van der Waals surface area (Å²) >= 11 is 0. The van der Waals surface area contributed by atoms with Crippen molar-refractivity contribution in [2.45, 2.75) is 23.8 Å². The lowest BCUT2D eigenvalue weighted by Crippen LogP contribution is -2.27. The average molecular weight is 352 g/mol. The predicted octanol–water partition coefficient (Wildman–Crippen LogP) is 2.66. The van der Waals surface area contributed by atoms with Crippen LogP contribution in [-0.4, -0.2) is 20.4 Å². The minimum atomic E-state index is -4.16. The molecule has 0 aliphatic heterocycles. The van der Waals surface area contributed by atoms with Gasteiger partial charge in [0.2, 0.25) is 0 Å². The lowest BCUT2D eigenvalue weighted by molar-refractivity contribution is 0.0952. The van der Waals surface area contributed by atoms with Crippen molar-refractivity contribution >= 4 is 21.6 Å². The first-order valence-electron chi connectivity index (χ1n) is 7.24. The van der Waals surface area contributed by atoms with E-state index in [-0.39, 0.29) is 23.2 Å². The van der Waals surface area contributed by atoms with Gasteiger partial charge in [-0.2, -0.15) is 0 Å². The van der Waals surface area contributed by atoms with E-state index in [0.29, 0.717) is 6.07 Å². The van der Waals surface area contributed by atoms with E-state index in [1.165, 1.54) is 12.1 Å². The number of nitrogens with one attached hydrogen (secondary N) is 2. The monoisotopic (exact) mass is 352 g/mol. The molecular formula is C16H14F2N2O3S. The normalized spacial score (nSPS) is 14.2. The van der Waals surface area contributed by atoms with Crippen molar-refractivity contribution in [2.75, 3.05) is 4.72 Å². The fraction of sp³-hybridized carbons (Fsp3) is 0.188. The highest BCUT2D eigenvalue weighted by atomic mass is 32.2. The maximum Gasteiger partial charge on any atom is 0.262 e. The van der Waals surface area contributed by atoms with Crippen LogP contribution in [0.1, 0.15) is 23.2 Å². The van der Waals surface area contributed by atoms with Gasteiger partial charge in [0.1, 0.15) is 0 Å².